The van der Waals surface area contributed by atoms with Crippen LogP contribution in [0.5, 0.6) is 0 Å². The van der Waals surface area contributed by atoms with Gasteiger partial charge in [-0.2, -0.15) is 0 Å². The fourth-order valence-corrected chi connectivity index (χ4v) is 4.65. The summed E-state index contributed by atoms with van der Waals surface area (Å²) in [6.45, 7) is 10.9. The number of aliphatic imine (C=N–C) groups is 1. The summed E-state index contributed by atoms with van der Waals surface area (Å²) in [6.07, 6.45) is 4.65. The molecule has 2 heterocycles. The van der Waals surface area contributed by atoms with E-state index in [2.05, 4.69) is 63.5 Å². The number of nitrogens with one attached hydrogen (secondary N) is 2. The van der Waals surface area contributed by atoms with E-state index in [1.807, 2.05) is 0 Å². The molecule has 33 heavy (non-hydrogen) atoms. The Morgan fingerprint density at radius 1 is 1.15 bits per heavy atom. The zero-order valence-corrected chi connectivity index (χ0v) is 23.2. The lowest BCUT2D eigenvalue weighted by Crippen LogP contribution is -2.51. The van der Waals surface area contributed by atoms with Crippen molar-refractivity contribution in [1.29, 1.82) is 0 Å². The smallest absolute Gasteiger partial charge is 0.243 e. The third-order valence-electron chi connectivity index (χ3n) is 6.87. The molecule has 3 rings (SSSR count). The van der Waals surface area contributed by atoms with Gasteiger partial charge in [-0.15, -0.1) is 24.0 Å². The van der Waals surface area contributed by atoms with Crippen molar-refractivity contribution in [1.82, 2.24) is 25.3 Å². The normalized spacial score (nSPS) is 20.4. The van der Waals surface area contributed by atoms with Crippen molar-refractivity contribution in [3.63, 3.8) is 0 Å². The van der Waals surface area contributed by atoms with Gasteiger partial charge >= 0.3 is 0 Å². The van der Waals surface area contributed by atoms with Crippen LogP contribution in [0.1, 0.15) is 43.7 Å². The molecule has 1 unspecified atom stereocenters. The van der Waals surface area contributed by atoms with Gasteiger partial charge < -0.3 is 15.5 Å². The predicted molar refractivity (Wildman–Crippen MR) is 147 cm³/mol. The van der Waals surface area contributed by atoms with E-state index in [0.29, 0.717) is 12.1 Å². The molecular formula is C25H43IN6O. The summed E-state index contributed by atoms with van der Waals surface area (Å²) in [7, 11) is 3.56. The first-order chi connectivity index (χ1) is 15.5. The van der Waals surface area contributed by atoms with Gasteiger partial charge in [-0.25, -0.2) is 4.99 Å². The highest BCUT2D eigenvalue weighted by atomic mass is 127. The van der Waals surface area contributed by atoms with Gasteiger partial charge in [-0.1, -0.05) is 31.2 Å². The van der Waals surface area contributed by atoms with Crippen molar-refractivity contribution in [3.05, 3.63) is 35.4 Å². The molecule has 2 fully saturated rings. The van der Waals surface area contributed by atoms with Gasteiger partial charge in [0.05, 0.1) is 0 Å². The number of carbonyl (C=O) groups is 1. The van der Waals surface area contributed by atoms with E-state index in [-0.39, 0.29) is 36.4 Å². The molecule has 0 aliphatic carbocycles. The molecule has 1 atom stereocenters. The minimum absolute atomic E-state index is 0. The maximum Gasteiger partial charge on any atom is 0.243 e. The van der Waals surface area contributed by atoms with Gasteiger partial charge in [0.15, 0.2) is 5.96 Å². The zero-order chi connectivity index (χ0) is 22.9. The third-order valence-corrected chi connectivity index (χ3v) is 6.87. The molecule has 0 radical (unpaired) electrons. The van der Waals surface area contributed by atoms with E-state index in [1.54, 1.807) is 19.0 Å². The van der Waals surface area contributed by atoms with Crippen LogP contribution in [0.15, 0.2) is 29.3 Å². The van der Waals surface area contributed by atoms with E-state index in [0.717, 1.165) is 51.5 Å². The highest BCUT2D eigenvalue weighted by molar-refractivity contribution is 14.0. The third kappa shape index (κ3) is 8.72. The molecule has 2 saturated heterocycles. The minimum atomic E-state index is 0. The van der Waals surface area contributed by atoms with E-state index < -0.39 is 0 Å². The Balaban J connectivity index is 0.00000385. The Morgan fingerprint density at radius 2 is 1.88 bits per heavy atom. The molecule has 7 nitrogen and oxygen atoms in total. The average molecular weight is 571 g/mol. The number of amides is 1. The maximum absolute atomic E-state index is 12.1. The number of likely N-dealkylation sites (tertiary alicyclic amines) is 2. The van der Waals surface area contributed by atoms with Crippen molar-refractivity contribution < 1.29 is 4.79 Å². The van der Waals surface area contributed by atoms with Gasteiger partial charge in [-0.3, -0.25) is 14.6 Å². The molecule has 1 aromatic rings. The lowest BCUT2D eigenvalue weighted by atomic mass is 10.0. The molecule has 186 valence electrons. The second-order valence-corrected chi connectivity index (χ2v) is 9.38. The number of nitrogens with zero attached hydrogens (tertiary/aromatic N) is 4. The molecule has 0 aromatic heterocycles. The van der Waals surface area contributed by atoms with Crippen LogP contribution >= 0.6 is 24.0 Å². The van der Waals surface area contributed by atoms with E-state index in [4.69, 9.17) is 0 Å². The molecule has 0 bridgehead atoms. The summed E-state index contributed by atoms with van der Waals surface area (Å²) in [5.41, 5.74) is 2.78. The average Bonchev–Trinajstić information content (AvgIpc) is 3.25. The fraction of sp³-hybridized carbons (Fsp3) is 0.680. The number of guanidine groups is 1. The SMILES string of the molecule is CCN1CCCC1CNC(=NCC(=O)N(C)C)NC1CCN(Cc2ccccc2C)CC1.I. The summed E-state index contributed by atoms with van der Waals surface area (Å²) in [6, 6.07) is 9.59. The first-order valence-electron chi connectivity index (χ1n) is 12.2. The molecule has 8 heteroatoms. The Labute approximate surface area is 217 Å². The molecule has 2 aliphatic heterocycles. The van der Waals surface area contributed by atoms with Crippen molar-refractivity contribution >= 4 is 35.8 Å². The first-order valence-corrected chi connectivity index (χ1v) is 12.2. The second-order valence-electron chi connectivity index (χ2n) is 9.38. The monoisotopic (exact) mass is 570 g/mol. The topological polar surface area (TPSA) is 63.2 Å². The zero-order valence-electron chi connectivity index (χ0n) is 20.8. The number of likely N-dealkylation sites (N-methyl/N-ethyl adjacent to an activating group) is 2. The second kappa shape index (κ2) is 14.1. The summed E-state index contributed by atoms with van der Waals surface area (Å²) in [5.74, 6) is 0.802. The number of piperidine rings is 1. The van der Waals surface area contributed by atoms with Crippen LogP contribution in [-0.4, -0.2) is 92.0 Å². The summed E-state index contributed by atoms with van der Waals surface area (Å²) < 4.78 is 0. The molecule has 0 spiro atoms. The van der Waals surface area contributed by atoms with Crippen LogP contribution in [0, 0.1) is 6.92 Å². The molecule has 2 N–H and O–H groups in total. The molecular weight excluding hydrogens is 527 g/mol. The Kier molecular flexibility index (Phi) is 11.9. The standard InChI is InChI=1S/C25H42N6O.HI/c1-5-31-14-8-11-23(31)17-26-25(27-18-24(32)29(3)4)28-22-12-15-30(16-13-22)19-21-10-7-6-9-20(21)2;/h6-7,9-10,22-23H,5,8,11-19H2,1-4H3,(H2,26,27,28);1H. The van der Waals surface area contributed by atoms with Crippen LogP contribution in [0.4, 0.5) is 0 Å². The van der Waals surface area contributed by atoms with Crippen LogP contribution in [0.25, 0.3) is 0 Å². The first kappa shape index (κ1) is 27.9. The Morgan fingerprint density at radius 3 is 2.55 bits per heavy atom. The van der Waals surface area contributed by atoms with Crippen LogP contribution in [-0.2, 0) is 11.3 Å². The fourth-order valence-electron chi connectivity index (χ4n) is 4.65. The highest BCUT2D eigenvalue weighted by Crippen LogP contribution is 2.17. The van der Waals surface area contributed by atoms with Crippen molar-refractivity contribution in [2.45, 2.75) is 58.2 Å². The van der Waals surface area contributed by atoms with Crippen LogP contribution in [0.3, 0.4) is 0 Å². The maximum atomic E-state index is 12.1. The molecule has 0 saturated carbocycles. The van der Waals surface area contributed by atoms with Gasteiger partial charge in [0.1, 0.15) is 6.54 Å². The quantitative estimate of drug-likeness (QED) is 0.286. The van der Waals surface area contributed by atoms with E-state index in [1.165, 1.54) is 30.5 Å². The molecule has 1 aromatic carbocycles. The minimum Gasteiger partial charge on any atom is -0.355 e. The number of hydrogen-bond acceptors (Lipinski definition) is 4. The number of halogens is 1. The summed E-state index contributed by atoms with van der Waals surface area (Å²) in [5, 5.41) is 7.16. The predicted octanol–water partition coefficient (Wildman–Crippen LogP) is 2.69. The lowest BCUT2D eigenvalue weighted by molar-refractivity contribution is -0.127. The number of carbonyl (C=O) groups excluding carboxylic acids is 1. The number of rotatable bonds is 8. The lowest BCUT2D eigenvalue weighted by Gasteiger charge is -2.33. The molecule has 2 aliphatic rings. The van der Waals surface area contributed by atoms with Gasteiger partial charge in [0, 0.05) is 52.4 Å². The number of benzene rings is 1. The van der Waals surface area contributed by atoms with Crippen molar-refractivity contribution in [2.24, 2.45) is 4.99 Å². The summed E-state index contributed by atoms with van der Waals surface area (Å²) >= 11 is 0. The van der Waals surface area contributed by atoms with Gasteiger partial charge in [0.25, 0.3) is 0 Å². The van der Waals surface area contributed by atoms with Crippen molar-refractivity contribution in [2.75, 3.05) is 53.4 Å². The number of aryl methyl sites for hydroxylation is 1. The van der Waals surface area contributed by atoms with E-state index >= 15 is 0 Å². The van der Waals surface area contributed by atoms with Gasteiger partial charge in [-0.05, 0) is 56.8 Å². The molecule has 1 amide bonds. The Hall–Kier alpha value is -1.39. The largest absolute Gasteiger partial charge is 0.355 e. The van der Waals surface area contributed by atoms with Gasteiger partial charge in [0.2, 0.25) is 5.91 Å². The Bertz CT molecular complexity index is 763. The van der Waals surface area contributed by atoms with E-state index in [9.17, 15) is 4.79 Å². The van der Waals surface area contributed by atoms with Crippen molar-refractivity contribution in [3.8, 4) is 0 Å². The summed E-state index contributed by atoms with van der Waals surface area (Å²) in [4.78, 5) is 23.4. The van der Waals surface area contributed by atoms with Crippen LogP contribution < -0.4 is 10.6 Å². The number of hydrogen-bond donors (Lipinski definition) is 2. The van der Waals surface area contributed by atoms with Crippen LogP contribution in [0.2, 0.25) is 0 Å². The highest BCUT2D eigenvalue weighted by Gasteiger charge is 2.24.